The second-order valence-electron chi connectivity index (χ2n) is 9.24. The maximum Gasteiger partial charge on any atom is 0.421 e. The summed E-state index contributed by atoms with van der Waals surface area (Å²) in [5, 5.41) is 12.7. The van der Waals surface area contributed by atoms with Gasteiger partial charge in [-0.1, -0.05) is 18.2 Å². The lowest BCUT2D eigenvalue weighted by Crippen LogP contribution is -2.18. The molecule has 0 bridgehead atoms. The van der Waals surface area contributed by atoms with Crippen LogP contribution in [-0.4, -0.2) is 65.6 Å². The van der Waals surface area contributed by atoms with Gasteiger partial charge in [-0.2, -0.15) is 44.5 Å². The van der Waals surface area contributed by atoms with Gasteiger partial charge in [0, 0.05) is 34.8 Å². The van der Waals surface area contributed by atoms with Crippen LogP contribution >= 0.6 is 8.81 Å². The Bertz CT molecular complexity index is 1490. The summed E-state index contributed by atoms with van der Waals surface area (Å²) in [6.07, 6.45) is -12.8. The maximum absolute atomic E-state index is 13.8. The zero-order chi connectivity index (χ0) is 33.6. The van der Waals surface area contributed by atoms with Crippen LogP contribution in [0.2, 0.25) is 0 Å². The summed E-state index contributed by atoms with van der Waals surface area (Å²) in [5.74, 6) is -0.818. The number of hydrogen-bond acceptors (Lipinski definition) is 8. The molecule has 1 amide bonds. The van der Waals surface area contributed by atoms with Crippen molar-refractivity contribution in [2.24, 2.45) is 0 Å². The molecular weight excluding hydrogens is 648 g/mol. The Labute approximate surface area is 251 Å². The molecule has 1 atom stereocenters. The van der Waals surface area contributed by atoms with Gasteiger partial charge in [0.05, 0.1) is 24.0 Å². The van der Waals surface area contributed by atoms with Crippen LogP contribution in [-0.2, 0) is 23.4 Å². The average molecular weight is 673 g/mol. The van der Waals surface area contributed by atoms with Gasteiger partial charge in [0.25, 0.3) is 5.91 Å². The van der Waals surface area contributed by atoms with Gasteiger partial charge in [-0.3, -0.25) is 4.79 Å². The Balaban J connectivity index is 0.000000838. The number of anilines is 4. The summed E-state index contributed by atoms with van der Waals surface area (Å²) in [7, 11) is 2.52. The first-order valence-corrected chi connectivity index (χ1v) is 13.6. The van der Waals surface area contributed by atoms with E-state index in [0.29, 0.717) is 29.6 Å². The third-order valence-corrected chi connectivity index (χ3v) is 6.67. The first-order valence-electron chi connectivity index (χ1n) is 12.5. The monoisotopic (exact) mass is 673 g/mol. The predicted molar refractivity (Wildman–Crippen MR) is 146 cm³/mol. The Hall–Kier alpha value is -3.89. The average Bonchev–Trinajstić information content (AvgIpc) is 3.24. The first-order chi connectivity index (χ1) is 20.9. The number of nitrogens with zero attached hydrogens (tertiary/aromatic N) is 3. The SMILES string of the molecule is COc1cc(CPOCC(F)(F)F)ccc1Nc1ncc(C(F)(F)F)c(Nc2cccc3c2C(=O)N(C)C3)n1.OCC(F)(F)F. The lowest BCUT2D eigenvalue weighted by molar-refractivity contribution is -0.159. The third kappa shape index (κ3) is 10.3. The van der Waals surface area contributed by atoms with Gasteiger partial charge in [-0.15, -0.1) is 0 Å². The third-order valence-electron chi connectivity index (χ3n) is 5.77. The molecule has 0 fully saturated rings. The number of carbonyl (C=O) groups is 1. The molecule has 0 saturated carbocycles. The summed E-state index contributed by atoms with van der Waals surface area (Å²) in [6, 6.07) is 9.54. The Morgan fingerprint density at radius 1 is 1.00 bits per heavy atom. The van der Waals surface area contributed by atoms with E-state index in [0.717, 1.165) is 0 Å². The van der Waals surface area contributed by atoms with E-state index in [-0.39, 0.29) is 35.0 Å². The van der Waals surface area contributed by atoms with E-state index in [1.54, 1.807) is 31.3 Å². The molecule has 19 heteroatoms. The van der Waals surface area contributed by atoms with Gasteiger partial charge >= 0.3 is 18.5 Å². The quantitative estimate of drug-likeness (QED) is 0.130. The highest BCUT2D eigenvalue weighted by molar-refractivity contribution is 7.31. The highest BCUT2D eigenvalue weighted by Crippen LogP contribution is 2.38. The molecule has 2 heterocycles. The van der Waals surface area contributed by atoms with Gasteiger partial charge in [0.2, 0.25) is 5.95 Å². The second kappa shape index (κ2) is 14.5. The number of benzene rings is 2. The highest BCUT2D eigenvalue weighted by Gasteiger charge is 2.36. The van der Waals surface area contributed by atoms with Crippen LogP contribution in [0.25, 0.3) is 0 Å². The fourth-order valence-corrected chi connectivity index (χ4v) is 4.57. The van der Waals surface area contributed by atoms with Crippen LogP contribution in [0.5, 0.6) is 5.75 Å². The maximum atomic E-state index is 13.8. The normalized spacial score (nSPS) is 13.5. The van der Waals surface area contributed by atoms with Crippen molar-refractivity contribution in [1.82, 2.24) is 14.9 Å². The van der Waals surface area contributed by atoms with E-state index in [9.17, 15) is 44.3 Å². The molecule has 0 aliphatic carbocycles. The van der Waals surface area contributed by atoms with Crippen LogP contribution in [0, 0.1) is 0 Å². The van der Waals surface area contributed by atoms with Crippen molar-refractivity contribution in [3.63, 3.8) is 0 Å². The summed E-state index contributed by atoms with van der Waals surface area (Å²) in [6.45, 7) is -2.75. The molecule has 4 rings (SSSR count). The van der Waals surface area contributed by atoms with E-state index in [1.165, 1.54) is 24.1 Å². The minimum absolute atomic E-state index is 0.174. The number of halogens is 9. The number of fused-ring (bicyclic) bond motifs is 1. The van der Waals surface area contributed by atoms with Crippen molar-refractivity contribution in [3.8, 4) is 5.75 Å². The molecule has 3 N–H and O–H groups in total. The number of carbonyl (C=O) groups excluding carboxylic acids is 1. The minimum Gasteiger partial charge on any atom is -0.495 e. The smallest absolute Gasteiger partial charge is 0.421 e. The molecule has 2 aromatic carbocycles. The van der Waals surface area contributed by atoms with Gasteiger partial charge in [0.15, 0.2) is 0 Å². The summed E-state index contributed by atoms with van der Waals surface area (Å²) >= 11 is 0. The Morgan fingerprint density at radius 3 is 2.29 bits per heavy atom. The lowest BCUT2D eigenvalue weighted by atomic mass is 10.1. The fourth-order valence-electron chi connectivity index (χ4n) is 3.82. The van der Waals surface area contributed by atoms with Gasteiger partial charge in [0.1, 0.15) is 30.3 Å². The van der Waals surface area contributed by atoms with Crippen molar-refractivity contribution in [2.45, 2.75) is 31.2 Å². The molecular formula is C26H25F9N5O4P. The number of rotatable bonds is 9. The van der Waals surface area contributed by atoms with Crippen LogP contribution in [0.3, 0.4) is 0 Å². The predicted octanol–water partition coefficient (Wildman–Crippen LogP) is 6.79. The number of nitrogens with one attached hydrogen (secondary N) is 2. The van der Waals surface area contributed by atoms with Crippen molar-refractivity contribution in [1.29, 1.82) is 0 Å². The van der Waals surface area contributed by atoms with Crippen LogP contribution in [0.15, 0.2) is 42.6 Å². The van der Waals surface area contributed by atoms with Crippen LogP contribution in [0.1, 0.15) is 27.0 Å². The Morgan fingerprint density at radius 2 is 1.69 bits per heavy atom. The molecule has 0 saturated heterocycles. The molecule has 9 nitrogen and oxygen atoms in total. The number of aromatic nitrogens is 2. The number of methoxy groups -OCH3 is 1. The molecule has 3 aromatic rings. The number of hydrogen-bond donors (Lipinski definition) is 3. The molecule has 1 aromatic heterocycles. The molecule has 45 heavy (non-hydrogen) atoms. The number of alkyl halides is 9. The van der Waals surface area contributed by atoms with Gasteiger partial charge in [-0.05, 0) is 29.3 Å². The minimum atomic E-state index is -4.78. The fraction of sp³-hybridized carbons (Fsp3) is 0.346. The first kappa shape index (κ1) is 35.6. The standard InChI is InChI=1S/C24H22F6N5O3P.C2H3F3O/c1-35-10-14-4-3-5-17(19(14)21(35)36)32-20-15(24(28,29)30)9-31-22(34-20)33-16-7-6-13(8-18(16)37-2)11-39-38-12-23(25,26)27;3-2(4,5)1-6/h3-9,39H,10-12H2,1-2H3,(H2,31,32,33,34);6H,1H2. The van der Waals surface area contributed by atoms with Crippen LogP contribution < -0.4 is 15.4 Å². The number of amides is 1. The van der Waals surface area contributed by atoms with Crippen LogP contribution in [0.4, 0.5) is 62.7 Å². The van der Waals surface area contributed by atoms with E-state index in [4.69, 9.17) is 9.84 Å². The largest absolute Gasteiger partial charge is 0.495 e. The van der Waals surface area contributed by atoms with Crippen molar-refractivity contribution in [2.75, 3.05) is 38.0 Å². The molecule has 0 radical (unpaired) electrons. The number of ether oxygens (including phenoxy) is 1. The zero-order valence-corrected chi connectivity index (χ0v) is 24.3. The van der Waals surface area contributed by atoms with Crippen molar-refractivity contribution < 1.29 is 58.7 Å². The number of aliphatic hydroxyl groups is 1. The molecule has 1 aliphatic heterocycles. The summed E-state index contributed by atoms with van der Waals surface area (Å²) in [4.78, 5) is 21.8. The van der Waals surface area contributed by atoms with E-state index in [1.807, 2.05) is 0 Å². The highest BCUT2D eigenvalue weighted by atomic mass is 31.1. The number of aliphatic hydroxyl groups excluding tert-OH is 1. The Kier molecular flexibility index (Phi) is 11.4. The molecule has 0 spiro atoms. The topological polar surface area (TPSA) is 109 Å². The zero-order valence-electron chi connectivity index (χ0n) is 23.3. The second-order valence-corrected chi connectivity index (χ2v) is 10.2. The van der Waals surface area contributed by atoms with E-state index in [2.05, 4.69) is 25.1 Å². The summed E-state index contributed by atoms with van der Waals surface area (Å²) in [5.41, 5.74) is 0.908. The molecule has 1 unspecified atom stereocenters. The van der Waals surface area contributed by atoms with Crippen molar-refractivity contribution in [3.05, 3.63) is 64.8 Å². The molecule has 246 valence electrons. The molecule has 1 aliphatic rings. The van der Waals surface area contributed by atoms with Crippen molar-refractivity contribution >= 4 is 37.9 Å². The lowest BCUT2D eigenvalue weighted by Gasteiger charge is -2.17. The van der Waals surface area contributed by atoms with E-state index < -0.39 is 51.9 Å². The summed E-state index contributed by atoms with van der Waals surface area (Å²) < 4.78 is 120. The van der Waals surface area contributed by atoms with E-state index >= 15 is 0 Å². The van der Waals surface area contributed by atoms with Gasteiger partial charge in [-0.25, -0.2) is 4.98 Å². The van der Waals surface area contributed by atoms with Gasteiger partial charge < -0.3 is 29.9 Å².